The quantitative estimate of drug-likeness (QED) is 0.791. The molecular formula is C21H24N4O2S. The van der Waals surface area contributed by atoms with Crippen LogP contribution in [0.5, 0.6) is 0 Å². The van der Waals surface area contributed by atoms with Crippen molar-refractivity contribution in [3.05, 3.63) is 66.0 Å². The monoisotopic (exact) mass is 396 g/mol. The number of hydrogen-bond donors (Lipinski definition) is 0. The van der Waals surface area contributed by atoms with Gasteiger partial charge in [-0.1, -0.05) is 24.3 Å². The second-order valence-electron chi connectivity index (χ2n) is 7.08. The zero-order chi connectivity index (χ0) is 19.3. The normalized spacial score (nSPS) is 20.4. The topological polar surface area (TPSA) is 56.8 Å². The Kier molecular flexibility index (Phi) is 5.92. The van der Waals surface area contributed by atoms with Crippen molar-refractivity contribution in [2.24, 2.45) is 0 Å². The molecule has 0 bridgehead atoms. The molecule has 1 atom stereocenters. The van der Waals surface area contributed by atoms with Gasteiger partial charge in [-0.25, -0.2) is 0 Å². The van der Waals surface area contributed by atoms with Crippen LogP contribution in [0.25, 0.3) is 0 Å². The van der Waals surface area contributed by atoms with Gasteiger partial charge in [-0.05, 0) is 24.3 Å². The fourth-order valence-corrected chi connectivity index (χ4v) is 4.80. The summed E-state index contributed by atoms with van der Waals surface area (Å²) in [6.07, 6.45) is 1.81. The maximum atomic E-state index is 13.1. The Morgan fingerprint density at radius 3 is 2.46 bits per heavy atom. The van der Waals surface area contributed by atoms with Gasteiger partial charge in [-0.15, -0.1) is 11.8 Å². The fraction of sp³-hybridized carbons (Fsp3) is 0.381. The van der Waals surface area contributed by atoms with Crippen LogP contribution in [0.4, 0.5) is 0 Å². The maximum Gasteiger partial charge on any atom is 0.255 e. The lowest BCUT2D eigenvalue weighted by molar-refractivity contribution is -0.136. The van der Waals surface area contributed by atoms with Crippen molar-refractivity contribution in [3.8, 4) is 0 Å². The Labute approximate surface area is 169 Å². The lowest BCUT2D eigenvalue weighted by Crippen LogP contribution is -2.54. The molecule has 6 nitrogen and oxygen atoms in total. The summed E-state index contributed by atoms with van der Waals surface area (Å²) in [6, 6.07) is 14.8. The molecule has 2 aromatic rings. The van der Waals surface area contributed by atoms with E-state index in [0.29, 0.717) is 30.3 Å². The first-order chi connectivity index (χ1) is 13.7. The van der Waals surface area contributed by atoms with Gasteiger partial charge in [0, 0.05) is 50.2 Å². The standard InChI is InChI=1S/C21H24N4O2S/c26-20(17-6-2-1-3-7-17)25-16-28-15-19(25)21(27)24-12-10-23(11-13-24)14-18-8-4-5-9-22-18/h1-9,19H,10-16H2/t19-/m0/s1. The third kappa shape index (κ3) is 4.20. The maximum absolute atomic E-state index is 13.1. The number of amides is 2. The Morgan fingerprint density at radius 1 is 1.00 bits per heavy atom. The van der Waals surface area contributed by atoms with E-state index >= 15 is 0 Å². The van der Waals surface area contributed by atoms with Gasteiger partial charge in [0.1, 0.15) is 6.04 Å². The molecule has 2 aliphatic heterocycles. The predicted octanol–water partition coefficient (Wildman–Crippen LogP) is 1.94. The summed E-state index contributed by atoms with van der Waals surface area (Å²) in [6.45, 7) is 3.85. The van der Waals surface area contributed by atoms with Gasteiger partial charge in [0.15, 0.2) is 0 Å². The second-order valence-corrected chi connectivity index (χ2v) is 8.08. The number of hydrogen-bond acceptors (Lipinski definition) is 5. The molecule has 2 saturated heterocycles. The van der Waals surface area contributed by atoms with E-state index in [1.165, 1.54) is 0 Å². The average Bonchev–Trinajstić information content (AvgIpc) is 3.24. The number of carbonyl (C=O) groups is 2. The first-order valence-electron chi connectivity index (χ1n) is 9.57. The molecule has 28 heavy (non-hydrogen) atoms. The van der Waals surface area contributed by atoms with E-state index in [9.17, 15) is 9.59 Å². The Bertz CT molecular complexity index is 810. The molecule has 1 aromatic heterocycles. The van der Waals surface area contributed by atoms with E-state index in [-0.39, 0.29) is 17.9 Å². The highest BCUT2D eigenvalue weighted by Gasteiger charge is 2.38. The van der Waals surface area contributed by atoms with E-state index in [4.69, 9.17) is 0 Å². The highest BCUT2D eigenvalue weighted by atomic mass is 32.2. The molecule has 2 amide bonds. The van der Waals surface area contributed by atoms with Crippen molar-refractivity contribution in [1.82, 2.24) is 19.7 Å². The number of carbonyl (C=O) groups excluding carboxylic acids is 2. The first-order valence-corrected chi connectivity index (χ1v) is 10.7. The molecule has 2 aliphatic rings. The SMILES string of the molecule is O=C([C@@H]1CSCN1C(=O)c1ccccc1)N1CCN(Cc2ccccn2)CC1. The molecule has 0 aliphatic carbocycles. The van der Waals surface area contributed by atoms with E-state index < -0.39 is 0 Å². The van der Waals surface area contributed by atoms with Crippen LogP contribution in [0, 0.1) is 0 Å². The molecular weight excluding hydrogens is 372 g/mol. The van der Waals surface area contributed by atoms with Gasteiger partial charge in [0.25, 0.3) is 5.91 Å². The number of aromatic nitrogens is 1. The molecule has 146 valence electrons. The highest BCUT2D eigenvalue weighted by Crippen LogP contribution is 2.25. The van der Waals surface area contributed by atoms with Crippen LogP contribution in [0.1, 0.15) is 16.1 Å². The molecule has 1 aromatic carbocycles. The Hall–Kier alpha value is -2.38. The summed E-state index contributed by atoms with van der Waals surface area (Å²) in [5.41, 5.74) is 1.69. The van der Waals surface area contributed by atoms with Crippen LogP contribution in [-0.2, 0) is 11.3 Å². The Balaban J connectivity index is 1.35. The van der Waals surface area contributed by atoms with Gasteiger partial charge >= 0.3 is 0 Å². The van der Waals surface area contributed by atoms with Crippen LogP contribution >= 0.6 is 11.8 Å². The minimum absolute atomic E-state index is 0.0577. The number of thioether (sulfide) groups is 1. The van der Waals surface area contributed by atoms with Gasteiger partial charge in [0.2, 0.25) is 5.91 Å². The first kappa shape index (κ1) is 19.0. The third-order valence-electron chi connectivity index (χ3n) is 5.24. The van der Waals surface area contributed by atoms with Crippen molar-refractivity contribution >= 4 is 23.6 Å². The summed E-state index contributed by atoms with van der Waals surface area (Å²) in [7, 11) is 0. The molecule has 4 rings (SSSR count). The summed E-state index contributed by atoms with van der Waals surface area (Å²) in [5, 5.41) is 0. The van der Waals surface area contributed by atoms with E-state index in [1.807, 2.05) is 59.6 Å². The zero-order valence-corrected chi connectivity index (χ0v) is 16.6. The molecule has 2 fully saturated rings. The van der Waals surface area contributed by atoms with Gasteiger partial charge in [-0.2, -0.15) is 0 Å². The van der Waals surface area contributed by atoms with E-state index in [1.54, 1.807) is 16.7 Å². The summed E-state index contributed by atoms with van der Waals surface area (Å²) < 4.78 is 0. The second kappa shape index (κ2) is 8.75. The number of benzene rings is 1. The summed E-state index contributed by atoms with van der Waals surface area (Å²) in [4.78, 5) is 36.3. The van der Waals surface area contributed by atoms with Crippen molar-refractivity contribution in [3.63, 3.8) is 0 Å². The lowest BCUT2D eigenvalue weighted by atomic mass is 10.1. The predicted molar refractivity (Wildman–Crippen MR) is 110 cm³/mol. The third-order valence-corrected chi connectivity index (χ3v) is 6.26. The number of nitrogens with zero attached hydrogens (tertiary/aromatic N) is 4. The fourth-order valence-electron chi connectivity index (χ4n) is 3.65. The van der Waals surface area contributed by atoms with Crippen LogP contribution in [0.3, 0.4) is 0 Å². The lowest BCUT2D eigenvalue weighted by Gasteiger charge is -2.37. The van der Waals surface area contributed by atoms with Gasteiger partial charge in [-0.3, -0.25) is 19.5 Å². The van der Waals surface area contributed by atoms with Crippen molar-refractivity contribution in [1.29, 1.82) is 0 Å². The molecule has 3 heterocycles. The molecule has 0 unspecified atom stereocenters. The smallest absolute Gasteiger partial charge is 0.255 e. The average molecular weight is 397 g/mol. The van der Waals surface area contributed by atoms with Crippen LogP contribution in [0.2, 0.25) is 0 Å². The summed E-state index contributed by atoms with van der Waals surface area (Å²) in [5.74, 6) is 1.26. The van der Waals surface area contributed by atoms with Gasteiger partial charge in [0.05, 0.1) is 11.6 Å². The zero-order valence-electron chi connectivity index (χ0n) is 15.7. The van der Waals surface area contributed by atoms with E-state index in [2.05, 4.69) is 9.88 Å². The van der Waals surface area contributed by atoms with E-state index in [0.717, 1.165) is 25.3 Å². The van der Waals surface area contributed by atoms with Crippen LogP contribution in [0.15, 0.2) is 54.7 Å². The van der Waals surface area contributed by atoms with Crippen LogP contribution < -0.4 is 0 Å². The van der Waals surface area contributed by atoms with Gasteiger partial charge < -0.3 is 9.80 Å². The molecule has 0 N–H and O–H groups in total. The van der Waals surface area contributed by atoms with Crippen molar-refractivity contribution in [2.75, 3.05) is 37.8 Å². The summed E-state index contributed by atoms with van der Waals surface area (Å²) >= 11 is 1.65. The minimum Gasteiger partial charge on any atom is -0.338 e. The number of rotatable bonds is 4. The number of pyridine rings is 1. The van der Waals surface area contributed by atoms with Crippen molar-refractivity contribution in [2.45, 2.75) is 12.6 Å². The largest absolute Gasteiger partial charge is 0.338 e. The highest BCUT2D eigenvalue weighted by molar-refractivity contribution is 7.99. The molecule has 0 radical (unpaired) electrons. The van der Waals surface area contributed by atoms with Crippen molar-refractivity contribution < 1.29 is 9.59 Å². The number of piperazine rings is 1. The molecule has 0 spiro atoms. The van der Waals surface area contributed by atoms with Crippen LogP contribution in [-0.4, -0.2) is 75.3 Å². The molecule has 7 heteroatoms. The molecule has 0 saturated carbocycles. The minimum atomic E-state index is -0.361. The Morgan fingerprint density at radius 2 is 1.75 bits per heavy atom.